The molecule has 0 unspecified atom stereocenters. The largest absolute Gasteiger partial charge is 0.446 e. The van der Waals surface area contributed by atoms with Crippen LogP contribution in [0.2, 0.25) is 0 Å². The molecule has 0 aromatic heterocycles. The van der Waals surface area contributed by atoms with Crippen molar-refractivity contribution in [2.24, 2.45) is 11.8 Å². The first-order valence-corrected chi connectivity index (χ1v) is 8.10. The van der Waals surface area contributed by atoms with Crippen molar-refractivity contribution in [2.75, 3.05) is 5.32 Å². The molecule has 1 aromatic rings. The first kappa shape index (κ1) is 18.2. The van der Waals surface area contributed by atoms with Crippen LogP contribution in [0.15, 0.2) is 29.2 Å². The topological polar surface area (TPSA) is 12.0 Å². The van der Waals surface area contributed by atoms with Crippen LogP contribution >= 0.6 is 11.8 Å². The lowest BCUT2D eigenvalue weighted by Gasteiger charge is -2.25. The molecule has 0 radical (unpaired) electrons. The lowest BCUT2D eigenvalue weighted by Crippen LogP contribution is -2.24. The van der Waals surface area contributed by atoms with Gasteiger partial charge in [-0.2, -0.15) is 13.2 Å². The molecule has 21 heavy (non-hydrogen) atoms. The smallest absolute Gasteiger partial charge is 0.381 e. The fourth-order valence-corrected chi connectivity index (χ4v) is 3.00. The van der Waals surface area contributed by atoms with E-state index in [1.165, 1.54) is 6.07 Å². The highest BCUT2D eigenvalue weighted by atomic mass is 32.2. The maximum absolute atomic E-state index is 12.6. The van der Waals surface area contributed by atoms with Crippen LogP contribution in [0, 0.1) is 11.8 Å². The Morgan fingerprint density at radius 2 is 1.52 bits per heavy atom. The summed E-state index contributed by atoms with van der Waals surface area (Å²) < 4.78 is 37.8. The summed E-state index contributed by atoms with van der Waals surface area (Å²) in [4.78, 5) is 0.238. The van der Waals surface area contributed by atoms with E-state index >= 15 is 0 Å². The van der Waals surface area contributed by atoms with Gasteiger partial charge in [0.1, 0.15) is 0 Å². The molecule has 0 heterocycles. The minimum atomic E-state index is -4.26. The van der Waals surface area contributed by atoms with Gasteiger partial charge in [-0.3, -0.25) is 0 Å². The van der Waals surface area contributed by atoms with Crippen molar-refractivity contribution < 1.29 is 13.2 Å². The normalized spacial score (nSPS) is 12.5. The lowest BCUT2D eigenvalue weighted by atomic mass is 9.95. The number of hydrogen-bond donors (Lipinski definition) is 1. The first-order chi connectivity index (χ1) is 9.67. The zero-order chi connectivity index (χ0) is 16.0. The van der Waals surface area contributed by atoms with Crippen molar-refractivity contribution in [2.45, 2.75) is 57.0 Å². The number of halogens is 3. The Morgan fingerprint density at radius 1 is 1.00 bits per heavy atom. The van der Waals surface area contributed by atoms with Gasteiger partial charge in [-0.25, -0.2) is 0 Å². The lowest BCUT2D eigenvalue weighted by molar-refractivity contribution is -0.0328. The van der Waals surface area contributed by atoms with Gasteiger partial charge >= 0.3 is 5.51 Å². The molecule has 1 aromatic carbocycles. The highest BCUT2D eigenvalue weighted by molar-refractivity contribution is 8.00. The van der Waals surface area contributed by atoms with Crippen LogP contribution in [0.3, 0.4) is 0 Å². The minimum absolute atomic E-state index is 0.0554. The fourth-order valence-electron chi connectivity index (χ4n) is 2.37. The molecule has 0 saturated carbocycles. The van der Waals surface area contributed by atoms with Gasteiger partial charge in [-0.1, -0.05) is 39.8 Å². The third kappa shape index (κ3) is 7.65. The van der Waals surface area contributed by atoms with Crippen LogP contribution in [0.5, 0.6) is 0 Å². The van der Waals surface area contributed by atoms with Gasteiger partial charge < -0.3 is 5.32 Å². The number of alkyl halides is 3. The zero-order valence-corrected chi connectivity index (χ0v) is 13.8. The average Bonchev–Trinajstić information content (AvgIpc) is 2.27. The summed E-state index contributed by atoms with van der Waals surface area (Å²) >= 11 is -0.0554. The van der Waals surface area contributed by atoms with Gasteiger partial charge in [-0.15, -0.1) is 0 Å². The maximum atomic E-state index is 12.6. The van der Waals surface area contributed by atoms with E-state index in [1.54, 1.807) is 18.2 Å². The van der Waals surface area contributed by atoms with Crippen molar-refractivity contribution in [3.8, 4) is 0 Å². The number of hydrogen-bond acceptors (Lipinski definition) is 2. The Balaban J connectivity index is 2.87. The van der Waals surface area contributed by atoms with Gasteiger partial charge in [0.05, 0.1) is 0 Å². The molecule has 1 rings (SSSR count). The van der Waals surface area contributed by atoms with Crippen molar-refractivity contribution >= 4 is 17.4 Å². The number of para-hydroxylation sites is 1. The number of anilines is 1. The molecule has 0 fully saturated rings. The summed E-state index contributed by atoms with van der Waals surface area (Å²) in [6, 6.07) is 6.84. The third-order valence-electron chi connectivity index (χ3n) is 2.98. The van der Waals surface area contributed by atoms with Gasteiger partial charge in [-0.05, 0) is 48.6 Å². The van der Waals surface area contributed by atoms with Gasteiger partial charge in [0.2, 0.25) is 0 Å². The highest BCUT2D eigenvalue weighted by Crippen LogP contribution is 2.40. The Bertz CT molecular complexity index is 420. The SMILES string of the molecule is CC(C)CC(CC(C)C)Nc1ccccc1SC(F)(F)F. The Labute approximate surface area is 129 Å². The molecule has 0 aliphatic carbocycles. The van der Waals surface area contributed by atoms with E-state index < -0.39 is 5.51 Å². The Hall–Kier alpha value is -0.840. The predicted molar refractivity (Wildman–Crippen MR) is 84.7 cm³/mol. The summed E-state index contributed by atoms with van der Waals surface area (Å²) in [5, 5.41) is 3.31. The van der Waals surface area contributed by atoms with Crippen LogP contribution in [0.25, 0.3) is 0 Å². The van der Waals surface area contributed by atoms with Crippen molar-refractivity contribution in [3.05, 3.63) is 24.3 Å². The van der Waals surface area contributed by atoms with Crippen LogP contribution in [-0.4, -0.2) is 11.6 Å². The quantitative estimate of drug-likeness (QED) is 0.603. The molecule has 120 valence electrons. The van der Waals surface area contributed by atoms with Crippen LogP contribution in [-0.2, 0) is 0 Å². The van der Waals surface area contributed by atoms with E-state index in [1.807, 2.05) is 0 Å². The molecule has 5 heteroatoms. The van der Waals surface area contributed by atoms with Crippen molar-refractivity contribution in [3.63, 3.8) is 0 Å². The van der Waals surface area contributed by atoms with Crippen LogP contribution in [0.4, 0.5) is 18.9 Å². The molecular formula is C16H24F3NS. The van der Waals surface area contributed by atoms with E-state index in [0.29, 0.717) is 17.5 Å². The van der Waals surface area contributed by atoms with Crippen molar-refractivity contribution in [1.82, 2.24) is 0 Å². The molecule has 0 saturated heterocycles. The average molecular weight is 319 g/mol. The molecule has 0 spiro atoms. The van der Waals surface area contributed by atoms with E-state index in [4.69, 9.17) is 0 Å². The van der Waals surface area contributed by atoms with E-state index in [-0.39, 0.29) is 22.7 Å². The van der Waals surface area contributed by atoms with E-state index in [0.717, 1.165) is 12.8 Å². The molecule has 1 N–H and O–H groups in total. The van der Waals surface area contributed by atoms with E-state index in [9.17, 15) is 13.2 Å². The molecule has 0 aliphatic heterocycles. The molecule has 0 atom stereocenters. The summed E-state index contributed by atoms with van der Waals surface area (Å²) in [7, 11) is 0. The van der Waals surface area contributed by atoms with E-state index in [2.05, 4.69) is 33.0 Å². The number of rotatable bonds is 7. The summed E-state index contributed by atoms with van der Waals surface area (Å²) in [6.45, 7) is 8.52. The molecule has 0 amide bonds. The van der Waals surface area contributed by atoms with Gasteiger partial charge in [0.25, 0.3) is 0 Å². The van der Waals surface area contributed by atoms with Crippen LogP contribution in [0.1, 0.15) is 40.5 Å². The summed E-state index contributed by atoms with van der Waals surface area (Å²) in [6.07, 6.45) is 1.90. The second kappa shape index (κ2) is 7.97. The third-order valence-corrected chi connectivity index (χ3v) is 3.79. The zero-order valence-electron chi connectivity index (χ0n) is 13.0. The molecule has 1 nitrogen and oxygen atoms in total. The number of benzene rings is 1. The standard InChI is InChI=1S/C16H24F3NS/c1-11(2)9-13(10-12(3)4)20-14-7-5-6-8-15(14)21-16(17,18)19/h5-8,11-13,20H,9-10H2,1-4H3. The van der Waals surface area contributed by atoms with Crippen molar-refractivity contribution in [1.29, 1.82) is 0 Å². The molecule has 0 bridgehead atoms. The molecular weight excluding hydrogens is 295 g/mol. The number of thioether (sulfide) groups is 1. The monoisotopic (exact) mass is 319 g/mol. The second-order valence-corrected chi connectivity index (χ2v) is 7.25. The highest BCUT2D eigenvalue weighted by Gasteiger charge is 2.30. The maximum Gasteiger partial charge on any atom is 0.446 e. The molecule has 0 aliphatic rings. The minimum Gasteiger partial charge on any atom is -0.381 e. The first-order valence-electron chi connectivity index (χ1n) is 7.28. The van der Waals surface area contributed by atoms with Crippen LogP contribution < -0.4 is 5.32 Å². The summed E-state index contributed by atoms with van der Waals surface area (Å²) in [5.41, 5.74) is -3.69. The van der Waals surface area contributed by atoms with Gasteiger partial charge in [0, 0.05) is 16.6 Å². The fraction of sp³-hybridized carbons (Fsp3) is 0.625. The van der Waals surface area contributed by atoms with Gasteiger partial charge in [0.15, 0.2) is 0 Å². The second-order valence-electron chi connectivity index (χ2n) is 6.14. The Morgan fingerprint density at radius 3 is 2.00 bits per heavy atom. The Kier molecular flexibility index (Phi) is 6.91. The summed E-state index contributed by atoms with van der Waals surface area (Å²) in [5.74, 6) is 1.01. The predicted octanol–water partition coefficient (Wildman–Crippen LogP) is 6.17. The number of nitrogens with one attached hydrogen (secondary N) is 1.